The van der Waals surface area contributed by atoms with Gasteiger partial charge in [-0.15, -0.1) is 0 Å². The van der Waals surface area contributed by atoms with E-state index in [1.807, 2.05) is 0 Å². The van der Waals surface area contributed by atoms with Gasteiger partial charge in [0.15, 0.2) is 0 Å². The molecule has 66 heavy (non-hydrogen) atoms. The van der Waals surface area contributed by atoms with Crippen LogP contribution in [0.3, 0.4) is 0 Å². The molecule has 366 valence electrons. The molecule has 0 aromatic heterocycles. The topological polar surface area (TPSA) is 382 Å². The summed E-state index contributed by atoms with van der Waals surface area (Å²) in [4.78, 5) is 144. The Kier molecular flexibility index (Phi) is 23.8. The van der Waals surface area contributed by atoms with Gasteiger partial charge in [0.1, 0.15) is 48.0 Å². The number of phenols is 1. The minimum atomic E-state index is -1.74. The molecular weight excluding hydrogens is 903 g/mol. The smallest absolute Gasteiger partial charge is 0.244 e. The van der Waals surface area contributed by atoms with Crippen LogP contribution in [0.15, 0.2) is 24.3 Å². The first-order chi connectivity index (χ1) is 31.0. The molecule has 1 fully saturated rings. The van der Waals surface area contributed by atoms with Crippen LogP contribution in [0, 0.1) is 11.8 Å². The molecule has 23 nitrogen and oxygen atoms in total. The number of hydrogen-bond acceptors (Lipinski definition) is 14. The lowest BCUT2D eigenvalue weighted by molar-refractivity contribution is -0.136. The molecule has 1 aliphatic rings. The number of nitrogens with two attached hydrogens (primary N) is 3. The molecule has 1 heterocycles. The van der Waals surface area contributed by atoms with E-state index in [9.17, 15) is 57.8 Å². The molecule has 1 aromatic carbocycles. The summed E-state index contributed by atoms with van der Waals surface area (Å²) in [5.74, 6) is -10.2. The zero-order valence-corrected chi connectivity index (χ0v) is 39.2. The van der Waals surface area contributed by atoms with Crippen LogP contribution in [0.25, 0.3) is 0 Å². The predicted molar refractivity (Wildman–Crippen MR) is 244 cm³/mol. The van der Waals surface area contributed by atoms with Crippen LogP contribution >= 0.6 is 21.6 Å². The normalized spacial score (nSPS) is 21.8. The number of aromatic hydroxyl groups is 1. The van der Waals surface area contributed by atoms with Gasteiger partial charge >= 0.3 is 0 Å². The van der Waals surface area contributed by atoms with Crippen molar-refractivity contribution in [1.82, 2.24) is 42.5 Å². The third-order valence-corrected chi connectivity index (χ3v) is 12.5. The van der Waals surface area contributed by atoms with Crippen molar-refractivity contribution in [2.75, 3.05) is 18.1 Å². The van der Waals surface area contributed by atoms with E-state index in [4.69, 9.17) is 17.2 Å². The molecule has 0 unspecified atom stereocenters. The molecule has 1 aromatic rings. The lowest BCUT2D eigenvalue weighted by atomic mass is 9.96. The summed E-state index contributed by atoms with van der Waals surface area (Å²) in [6.07, 6.45) is -1.27. The first-order valence-corrected chi connectivity index (χ1v) is 23.8. The molecule has 25 heteroatoms. The number of rotatable bonds is 18. The van der Waals surface area contributed by atoms with E-state index in [1.165, 1.54) is 19.1 Å². The van der Waals surface area contributed by atoms with Crippen molar-refractivity contribution < 1.29 is 57.8 Å². The minimum absolute atomic E-state index is 0.0301. The Bertz CT molecular complexity index is 1920. The number of hydrogen-bond donors (Lipinski definition) is 12. The summed E-state index contributed by atoms with van der Waals surface area (Å²) in [5, 5.41) is 29.9. The van der Waals surface area contributed by atoms with E-state index in [0.29, 0.717) is 12.0 Å². The summed E-state index contributed by atoms with van der Waals surface area (Å²) < 4.78 is 0. The van der Waals surface area contributed by atoms with Crippen LogP contribution in [0.2, 0.25) is 0 Å². The van der Waals surface area contributed by atoms with Gasteiger partial charge in [-0.1, -0.05) is 67.8 Å². The molecule has 0 radical (unpaired) electrons. The molecule has 8 atom stereocenters. The van der Waals surface area contributed by atoms with Gasteiger partial charge < -0.3 is 64.8 Å². The molecule has 11 amide bonds. The molecule has 1 saturated heterocycles. The third-order valence-electron chi connectivity index (χ3n) is 10.1. The van der Waals surface area contributed by atoms with Gasteiger partial charge in [-0.25, -0.2) is 0 Å². The largest absolute Gasteiger partial charge is 0.508 e. The molecule has 1 aliphatic heterocycles. The predicted octanol–water partition coefficient (Wildman–Crippen LogP) is -3.03. The van der Waals surface area contributed by atoms with E-state index in [1.54, 1.807) is 39.8 Å². The van der Waals surface area contributed by atoms with Crippen LogP contribution in [0.1, 0.15) is 78.7 Å². The number of carbonyl (C=O) groups excluding carboxylic acids is 11. The standard InChI is InChI=1S/C41H63N11O12S2/c1-6-21(4)34-41(64)48-25(11-12-30(42)54)37(60)50-28(17-31(43)55)38(61)51-29(40(63)46-22(5)35(58)49-26(15-20(2)3)36(59)45-18-32(44)56)19-66-65-14-13-33(57)47-27(39(62)52-34)16-23-7-9-24(53)10-8-23/h7-10,20-22,25-29,34,53H,6,11-19H2,1-5H3,(H2,42,54)(H2,43,55)(H2,44,56)(H,45,59)(H,46,63)(H,47,57)(H,48,64)(H,49,58)(H,50,60)(H,51,61)(H,52,62)/t21-,22-,25-,26-,27-,28-,29-,34-/m0/s1. The average molecular weight is 966 g/mol. The maximum absolute atomic E-state index is 14.0. The van der Waals surface area contributed by atoms with Gasteiger partial charge in [-0.05, 0) is 49.3 Å². The number of nitrogens with one attached hydrogen (secondary N) is 8. The minimum Gasteiger partial charge on any atom is -0.508 e. The fourth-order valence-electron chi connectivity index (χ4n) is 6.24. The van der Waals surface area contributed by atoms with Gasteiger partial charge in [0.2, 0.25) is 65.0 Å². The number of primary amides is 3. The summed E-state index contributed by atoms with van der Waals surface area (Å²) in [7, 11) is 2.16. The Balaban J connectivity index is 2.54. The van der Waals surface area contributed by atoms with E-state index >= 15 is 0 Å². The van der Waals surface area contributed by atoms with Gasteiger partial charge in [0, 0.05) is 30.8 Å². The Morgan fingerprint density at radius 2 is 1.36 bits per heavy atom. The zero-order chi connectivity index (χ0) is 49.7. The van der Waals surface area contributed by atoms with Crippen molar-refractivity contribution in [2.45, 2.75) is 122 Å². The van der Waals surface area contributed by atoms with Crippen molar-refractivity contribution in [3.63, 3.8) is 0 Å². The number of phenolic OH excluding ortho intramolecular Hbond substituents is 1. The monoisotopic (exact) mass is 965 g/mol. The Morgan fingerprint density at radius 3 is 1.95 bits per heavy atom. The molecular formula is C41H63N11O12S2. The molecule has 0 saturated carbocycles. The number of benzene rings is 1. The van der Waals surface area contributed by atoms with Crippen LogP contribution in [0.5, 0.6) is 5.75 Å². The molecule has 0 bridgehead atoms. The lowest BCUT2D eigenvalue weighted by Gasteiger charge is -2.29. The van der Waals surface area contributed by atoms with Crippen LogP contribution in [-0.4, -0.2) is 130 Å². The van der Waals surface area contributed by atoms with Gasteiger partial charge in [0.25, 0.3) is 0 Å². The Labute approximate surface area is 390 Å². The third kappa shape index (κ3) is 20.4. The molecule has 0 spiro atoms. The van der Waals surface area contributed by atoms with Crippen molar-refractivity contribution in [3.05, 3.63) is 29.8 Å². The van der Waals surface area contributed by atoms with Crippen molar-refractivity contribution in [1.29, 1.82) is 0 Å². The molecule has 2 rings (SSSR count). The summed E-state index contributed by atoms with van der Waals surface area (Å²) in [6.45, 7) is 7.83. The number of carbonyl (C=O) groups is 11. The van der Waals surface area contributed by atoms with Crippen LogP contribution < -0.4 is 59.7 Å². The van der Waals surface area contributed by atoms with Crippen LogP contribution in [0.4, 0.5) is 0 Å². The fraction of sp³-hybridized carbons (Fsp3) is 0.585. The van der Waals surface area contributed by atoms with Crippen molar-refractivity contribution in [2.24, 2.45) is 29.0 Å². The number of amides is 11. The Morgan fingerprint density at radius 1 is 0.742 bits per heavy atom. The Hall–Kier alpha value is -6.11. The quantitative estimate of drug-likeness (QED) is 0.0652. The highest BCUT2D eigenvalue weighted by atomic mass is 33.1. The van der Waals surface area contributed by atoms with Gasteiger partial charge in [-0.2, -0.15) is 0 Å². The summed E-state index contributed by atoms with van der Waals surface area (Å²) in [6, 6.07) is -3.80. The van der Waals surface area contributed by atoms with E-state index < -0.39 is 133 Å². The second-order valence-corrected chi connectivity index (χ2v) is 18.8. The highest BCUT2D eigenvalue weighted by Crippen LogP contribution is 2.23. The first kappa shape index (κ1) is 56.0. The second kappa shape index (κ2) is 28.0. The van der Waals surface area contributed by atoms with Gasteiger partial charge in [0.05, 0.1) is 13.0 Å². The highest BCUT2D eigenvalue weighted by molar-refractivity contribution is 8.76. The average Bonchev–Trinajstić information content (AvgIpc) is 3.24. The van der Waals surface area contributed by atoms with E-state index in [2.05, 4.69) is 42.5 Å². The summed E-state index contributed by atoms with van der Waals surface area (Å²) in [5.41, 5.74) is 16.5. The van der Waals surface area contributed by atoms with Crippen LogP contribution in [-0.2, 0) is 59.2 Å². The van der Waals surface area contributed by atoms with E-state index in [-0.39, 0.29) is 48.9 Å². The first-order valence-electron chi connectivity index (χ1n) is 21.3. The highest BCUT2D eigenvalue weighted by Gasteiger charge is 2.36. The zero-order valence-electron chi connectivity index (χ0n) is 37.6. The van der Waals surface area contributed by atoms with Crippen molar-refractivity contribution >= 4 is 86.6 Å². The maximum atomic E-state index is 14.0. The molecule has 0 aliphatic carbocycles. The second-order valence-electron chi connectivity index (χ2n) is 16.2. The van der Waals surface area contributed by atoms with Crippen molar-refractivity contribution in [3.8, 4) is 5.75 Å². The maximum Gasteiger partial charge on any atom is 0.244 e. The SMILES string of the molecule is CC[C@H](C)[C@@H]1NC(=O)[C@H](Cc2ccc(O)cc2)NC(=O)CCSSC[C@@H](C(=O)N[C@@H](C)C(=O)N[C@@H](CC(C)C)C(=O)NCC(N)=O)NC(=O)[C@H](CC(N)=O)NC(=O)[C@H](CCC(N)=O)NC1=O. The summed E-state index contributed by atoms with van der Waals surface area (Å²) >= 11 is 0. The lowest BCUT2D eigenvalue weighted by Crippen LogP contribution is -2.61. The fourth-order valence-corrected chi connectivity index (χ4v) is 8.39. The van der Waals surface area contributed by atoms with Gasteiger partial charge in [-0.3, -0.25) is 52.7 Å². The van der Waals surface area contributed by atoms with E-state index in [0.717, 1.165) is 21.6 Å². The molecule has 15 N–H and O–H groups in total.